The number of anilines is 2. The highest BCUT2D eigenvalue weighted by atomic mass is 79.9. The maximum Gasteiger partial charge on any atom is 0.188 e. The molecule has 0 spiro atoms. The predicted octanol–water partition coefficient (Wildman–Crippen LogP) is 4.94. The molecule has 5 heteroatoms. The highest BCUT2D eigenvalue weighted by molar-refractivity contribution is 9.10. The van der Waals surface area contributed by atoms with Crippen LogP contribution in [0.1, 0.15) is 0 Å². The number of aromatic nitrogens is 1. The summed E-state index contributed by atoms with van der Waals surface area (Å²) in [6.45, 7) is 0. The summed E-state index contributed by atoms with van der Waals surface area (Å²) in [5.74, 6) is -0.235. The zero-order chi connectivity index (χ0) is 12.5. The van der Waals surface area contributed by atoms with Gasteiger partial charge in [0.15, 0.2) is 5.13 Å². The van der Waals surface area contributed by atoms with Gasteiger partial charge in [-0.15, -0.1) is 0 Å². The smallest absolute Gasteiger partial charge is 0.188 e. The molecular formula is C13H8BrFN2S. The zero-order valence-electron chi connectivity index (χ0n) is 9.15. The van der Waals surface area contributed by atoms with Gasteiger partial charge in [0.05, 0.1) is 10.2 Å². The third kappa shape index (κ3) is 2.37. The van der Waals surface area contributed by atoms with Gasteiger partial charge in [0, 0.05) is 10.2 Å². The van der Waals surface area contributed by atoms with Crippen LogP contribution in [-0.2, 0) is 0 Å². The number of halogens is 2. The van der Waals surface area contributed by atoms with Crippen LogP contribution in [-0.4, -0.2) is 4.98 Å². The number of hydrogen-bond donors (Lipinski definition) is 1. The molecule has 0 fully saturated rings. The van der Waals surface area contributed by atoms with Crippen LogP contribution in [0.2, 0.25) is 0 Å². The number of hydrogen-bond acceptors (Lipinski definition) is 3. The molecule has 2 nitrogen and oxygen atoms in total. The number of thiazole rings is 1. The van der Waals surface area contributed by atoms with Gasteiger partial charge in [-0.25, -0.2) is 9.37 Å². The first kappa shape index (κ1) is 11.6. The molecular weight excluding hydrogens is 315 g/mol. The summed E-state index contributed by atoms with van der Waals surface area (Å²) in [6.07, 6.45) is 0. The zero-order valence-corrected chi connectivity index (χ0v) is 11.6. The molecule has 0 saturated carbocycles. The van der Waals surface area contributed by atoms with E-state index < -0.39 is 0 Å². The minimum atomic E-state index is -0.235. The van der Waals surface area contributed by atoms with Gasteiger partial charge in [0.1, 0.15) is 5.82 Å². The lowest BCUT2D eigenvalue weighted by molar-refractivity contribution is 0.630. The summed E-state index contributed by atoms with van der Waals surface area (Å²) in [7, 11) is 0. The lowest BCUT2D eigenvalue weighted by Gasteiger charge is -2.01. The maximum atomic E-state index is 13.1. The van der Waals surface area contributed by atoms with E-state index in [4.69, 9.17) is 0 Å². The van der Waals surface area contributed by atoms with E-state index in [0.29, 0.717) is 0 Å². The van der Waals surface area contributed by atoms with E-state index in [1.54, 1.807) is 6.07 Å². The molecule has 3 rings (SSSR count). The van der Waals surface area contributed by atoms with E-state index in [-0.39, 0.29) is 5.82 Å². The van der Waals surface area contributed by atoms with E-state index in [1.165, 1.54) is 23.5 Å². The molecule has 0 bridgehead atoms. The summed E-state index contributed by atoms with van der Waals surface area (Å²) >= 11 is 4.82. The Kier molecular flexibility index (Phi) is 3.01. The maximum absolute atomic E-state index is 13.1. The molecule has 1 N–H and O–H groups in total. The highest BCUT2D eigenvalue weighted by Crippen LogP contribution is 2.29. The topological polar surface area (TPSA) is 24.9 Å². The van der Waals surface area contributed by atoms with Gasteiger partial charge in [0.2, 0.25) is 0 Å². The normalized spacial score (nSPS) is 10.8. The summed E-state index contributed by atoms with van der Waals surface area (Å²) in [4.78, 5) is 4.40. The Balaban J connectivity index is 1.92. The van der Waals surface area contributed by atoms with Crippen molar-refractivity contribution in [3.63, 3.8) is 0 Å². The van der Waals surface area contributed by atoms with Crippen LogP contribution in [0.25, 0.3) is 10.2 Å². The second-order valence-corrected chi connectivity index (χ2v) is 5.71. The first-order chi connectivity index (χ1) is 8.70. The molecule has 90 valence electrons. The predicted molar refractivity (Wildman–Crippen MR) is 77.0 cm³/mol. The molecule has 0 saturated heterocycles. The molecule has 0 aliphatic heterocycles. The Labute approximate surface area is 116 Å². The van der Waals surface area contributed by atoms with E-state index in [2.05, 4.69) is 26.2 Å². The second-order valence-electron chi connectivity index (χ2n) is 3.76. The van der Waals surface area contributed by atoms with Crippen LogP contribution >= 0.6 is 27.3 Å². The number of nitrogens with one attached hydrogen (secondary N) is 1. The highest BCUT2D eigenvalue weighted by Gasteiger charge is 2.04. The molecule has 0 aliphatic rings. The van der Waals surface area contributed by atoms with Crippen molar-refractivity contribution in [2.45, 2.75) is 0 Å². The van der Waals surface area contributed by atoms with Crippen LogP contribution < -0.4 is 5.32 Å². The van der Waals surface area contributed by atoms with Gasteiger partial charge in [-0.2, -0.15) is 0 Å². The van der Waals surface area contributed by atoms with Crippen molar-refractivity contribution >= 4 is 48.3 Å². The standard InChI is InChI=1S/C13H8BrFN2S/c14-8-1-4-10(5-2-8)16-13-17-11-6-3-9(15)7-12(11)18-13/h1-7H,(H,16,17). The van der Waals surface area contributed by atoms with Crippen LogP contribution in [0.15, 0.2) is 46.9 Å². The van der Waals surface area contributed by atoms with Gasteiger partial charge in [-0.3, -0.25) is 0 Å². The largest absolute Gasteiger partial charge is 0.332 e. The van der Waals surface area contributed by atoms with Crippen LogP contribution in [0.3, 0.4) is 0 Å². The number of fused-ring (bicyclic) bond motifs is 1. The molecule has 0 radical (unpaired) electrons. The third-order valence-corrected chi connectivity index (χ3v) is 3.91. The molecule has 0 unspecified atom stereocenters. The van der Waals surface area contributed by atoms with E-state index in [9.17, 15) is 4.39 Å². The Morgan fingerprint density at radius 3 is 2.67 bits per heavy atom. The molecule has 0 aliphatic carbocycles. The minimum absolute atomic E-state index is 0.235. The van der Waals surface area contributed by atoms with Gasteiger partial charge in [-0.05, 0) is 42.5 Å². The van der Waals surface area contributed by atoms with Crippen LogP contribution in [0.5, 0.6) is 0 Å². The number of benzene rings is 2. The lowest BCUT2D eigenvalue weighted by Crippen LogP contribution is -1.87. The van der Waals surface area contributed by atoms with Gasteiger partial charge < -0.3 is 5.32 Å². The lowest BCUT2D eigenvalue weighted by atomic mass is 10.3. The Morgan fingerprint density at radius 2 is 1.89 bits per heavy atom. The number of nitrogens with zero attached hydrogens (tertiary/aromatic N) is 1. The fraction of sp³-hybridized carbons (Fsp3) is 0. The van der Waals surface area contributed by atoms with Crippen molar-refractivity contribution in [3.8, 4) is 0 Å². The minimum Gasteiger partial charge on any atom is -0.332 e. The van der Waals surface area contributed by atoms with Crippen LogP contribution in [0.4, 0.5) is 15.2 Å². The monoisotopic (exact) mass is 322 g/mol. The van der Waals surface area contributed by atoms with Gasteiger partial charge in [-0.1, -0.05) is 27.3 Å². The Bertz CT molecular complexity index is 694. The molecule has 0 atom stereocenters. The molecule has 1 heterocycles. The quantitative estimate of drug-likeness (QED) is 0.722. The Hall–Kier alpha value is -1.46. The van der Waals surface area contributed by atoms with E-state index in [1.807, 2.05) is 24.3 Å². The average Bonchev–Trinajstić information content (AvgIpc) is 2.73. The van der Waals surface area contributed by atoms with E-state index in [0.717, 1.165) is 25.5 Å². The first-order valence-corrected chi connectivity index (χ1v) is 6.90. The SMILES string of the molecule is Fc1ccc2nc(Nc3ccc(Br)cc3)sc2c1. The van der Waals surface area contributed by atoms with Crippen molar-refractivity contribution in [2.24, 2.45) is 0 Å². The van der Waals surface area contributed by atoms with Crippen molar-refractivity contribution < 1.29 is 4.39 Å². The van der Waals surface area contributed by atoms with Crippen molar-refractivity contribution in [1.82, 2.24) is 4.98 Å². The van der Waals surface area contributed by atoms with E-state index >= 15 is 0 Å². The first-order valence-electron chi connectivity index (χ1n) is 5.29. The van der Waals surface area contributed by atoms with Crippen LogP contribution in [0, 0.1) is 5.82 Å². The third-order valence-electron chi connectivity index (χ3n) is 2.45. The average molecular weight is 323 g/mol. The van der Waals surface area contributed by atoms with Crippen molar-refractivity contribution in [1.29, 1.82) is 0 Å². The Morgan fingerprint density at radius 1 is 1.11 bits per heavy atom. The second kappa shape index (κ2) is 4.66. The summed E-state index contributed by atoms with van der Waals surface area (Å²) in [5, 5.41) is 3.97. The van der Waals surface area contributed by atoms with Crippen molar-refractivity contribution in [2.75, 3.05) is 5.32 Å². The van der Waals surface area contributed by atoms with Crippen molar-refractivity contribution in [3.05, 3.63) is 52.8 Å². The van der Waals surface area contributed by atoms with Gasteiger partial charge >= 0.3 is 0 Å². The molecule has 0 amide bonds. The number of rotatable bonds is 2. The summed E-state index contributed by atoms with van der Waals surface area (Å²) in [5.41, 5.74) is 1.76. The molecule has 2 aromatic carbocycles. The summed E-state index contributed by atoms with van der Waals surface area (Å²) in [6, 6.07) is 12.4. The fourth-order valence-corrected chi connectivity index (χ4v) is 2.78. The summed E-state index contributed by atoms with van der Waals surface area (Å²) < 4.78 is 14.9. The fourth-order valence-electron chi connectivity index (χ4n) is 1.61. The molecule has 18 heavy (non-hydrogen) atoms. The molecule has 3 aromatic rings. The van der Waals surface area contributed by atoms with Gasteiger partial charge in [0.25, 0.3) is 0 Å². The molecule has 1 aromatic heterocycles.